The largest absolute Gasteiger partial charge is 0.466 e. The third kappa shape index (κ3) is 2.49. The van der Waals surface area contributed by atoms with E-state index in [0.717, 1.165) is 11.5 Å². The van der Waals surface area contributed by atoms with Gasteiger partial charge in [0.1, 0.15) is 11.5 Å². The molecule has 0 aliphatic carbocycles. The molecule has 1 fully saturated rings. The highest BCUT2D eigenvalue weighted by atomic mass is 16.5. The summed E-state index contributed by atoms with van der Waals surface area (Å²) >= 11 is 0. The molecule has 112 valence electrons. The first kappa shape index (κ1) is 13.9. The second-order valence-corrected chi connectivity index (χ2v) is 5.46. The summed E-state index contributed by atoms with van der Waals surface area (Å²) in [6.45, 7) is 5.39. The molecule has 21 heavy (non-hydrogen) atoms. The van der Waals surface area contributed by atoms with E-state index in [-0.39, 0.29) is 11.9 Å². The molecule has 3 heterocycles. The predicted molar refractivity (Wildman–Crippen MR) is 78.2 cm³/mol. The molecule has 1 saturated heterocycles. The molecule has 5 nitrogen and oxygen atoms in total. The SMILES string of the molecule is Cc1cc(C(=O)N2CCOCC2c2cccn2C)c(C)o1. The number of furan rings is 1. The smallest absolute Gasteiger partial charge is 0.258 e. The molecule has 1 aliphatic rings. The van der Waals surface area contributed by atoms with Crippen molar-refractivity contribution in [1.82, 2.24) is 9.47 Å². The van der Waals surface area contributed by atoms with Crippen molar-refractivity contribution in [3.05, 3.63) is 47.2 Å². The molecular formula is C16H20N2O3. The fraction of sp³-hybridized carbons (Fsp3) is 0.438. The normalized spacial score (nSPS) is 19.0. The van der Waals surface area contributed by atoms with Gasteiger partial charge in [-0.1, -0.05) is 0 Å². The summed E-state index contributed by atoms with van der Waals surface area (Å²) in [5.74, 6) is 1.45. The number of morpholine rings is 1. The predicted octanol–water partition coefficient (Wildman–Crippen LogP) is 2.45. The molecule has 3 rings (SSSR count). The van der Waals surface area contributed by atoms with Crippen LogP contribution in [0.5, 0.6) is 0 Å². The van der Waals surface area contributed by atoms with E-state index in [9.17, 15) is 4.79 Å². The van der Waals surface area contributed by atoms with Crippen LogP contribution in [0.2, 0.25) is 0 Å². The molecule has 0 N–H and O–H groups in total. The molecule has 2 aromatic heterocycles. The molecule has 1 atom stereocenters. The van der Waals surface area contributed by atoms with E-state index in [1.165, 1.54) is 0 Å². The number of hydrogen-bond donors (Lipinski definition) is 0. The summed E-state index contributed by atoms with van der Waals surface area (Å²) in [5, 5.41) is 0. The minimum Gasteiger partial charge on any atom is -0.466 e. The zero-order chi connectivity index (χ0) is 15.0. The Morgan fingerprint density at radius 2 is 2.19 bits per heavy atom. The highest BCUT2D eigenvalue weighted by Crippen LogP contribution is 2.27. The Bertz CT molecular complexity index is 656. The third-order valence-corrected chi connectivity index (χ3v) is 3.99. The average Bonchev–Trinajstić information content (AvgIpc) is 3.03. The maximum Gasteiger partial charge on any atom is 0.258 e. The number of ether oxygens (including phenoxy) is 1. The summed E-state index contributed by atoms with van der Waals surface area (Å²) in [6, 6.07) is 5.78. The summed E-state index contributed by atoms with van der Waals surface area (Å²) in [4.78, 5) is 14.7. The molecule has 1 amide bonds. The van der Waals surface area contributed by atoms with Crippen LogP contribution in [-0.2, 0) is 11.8 Å². The van der Waals surface area contributed by atoms with Gasteiger partial charge < -0.3 is 18.6 Å². The van der Waals surface area contributed by atoms with Crippen LogP contribution in [0.3, 0.4) is 0 Å². The van der Waals surface area contributed by atoms with Crippen molar-refractivity contribution < 1.29 is 13.9 Å². The molecule has 5 heteroatoms. The highest BCUT2D eigenvalue weighted by molar-refractivity contribution is 5.95. The van der Waals surface area contributed by atoms with Crippen molar-refractivity contribution in [3.63, 3.8) is 0 Å². The number of carbonyl (C=O) groups excluding carboxylic acids is 1. The van der Waals surface area contributed by atoms with Crippen LogP contribution in [-0.4, -0.2) is 35.1 Å². The fourth-order valence-corrected chi connectivity index (χ4v) is 2.91. The van der Waals surface area contributed by atoms with Gasteiger partial charge in [-0.05, 0) is 32.0 Å². The zero-order valence-electron chi connectivity index (χ0n) is 12.6. The van der Waals surface area contributed by atoms with Crippen LogP contribution in [0.1, 0.15) is 33.6 Å². The van der Waals surface area contributed by atoms with E-state index >= 15 is 0 Å². The van der Waals surface area contributed by atoms with E-state index < -0.39 is 0 Å². The molecule has 2 aromatic rings. The van der Waals surface area contributed by atoms with Crippen LogP contribution >= 0.6 is 0 Å². The summed E-state index contributed by atoms with van der Waals surface area (Å²) in [7, 11) is 1.99. The molecule has 0 aromatic carbocycles. The van der Waals surface area contributed by atoms with Crippen LogP contribution < -0.4 is 0 Å². The van der Waals surface area contributed by atoms with Crippen LogP contribution in [0.25, 0.3) is 0 Å². The van der Waals surface area contributed by atoms with Gasteiger partial charge >= 0.3 is 0 Å². The van der Waals surface area contributed by atoms with Crippen molar-refractivity contribution >= 4 is 5.91 Å². The lowest BCUT2D eigenvalue weighted by molar-refractivity contribution is -0.00472. The Kier molecular flexibility index (Phi) is 3.59. The Labute approximate surface area is 124 Å². The van der Waals surface area contributed by atoms with Gasteiger partial charge in [0, 0.05) is 25.5 Å². The van der Waals surface area contributed by atoms with E-state index in [0.29, 0.717) is 31.1 Å². The van der Waals surface area contributed by atoms with E-state index in [4.69, 9.17) is 9.15 Å². The number of aromatic nitrogens is 1. The highest BCUT2D eigenvalue weighted by Gasteiger charge is 2.32. The average molecular weight is 288 g/mol. The Balaban J connectivity index is 1.93. The number of carbonyl (C=O) groups is 1. The lowest BCUT2D eigenvalue weighted by atomic mass is 10.1. The Morgan fingerprint density at radius 1 is 1.38 bits per heavy atom. The monoisotopic (exact) mass is 288 g/mol. The van der Waals surface area contributed by atoms with Crippen LogP contribution in [0, 0.1) is 13.8 Å². The topological polar surface area (TPSA) is 47.6 Å². The number of nitrogens with zero attached hydrogens (tertiary/aromatic N) is 2. The first-order valence-corrected chi connectivity index (χ1v) is 7.15. The van der Waals surface area contributed by atoms with Crippen molar-refractivity contribution in [2.45, 2.75) is 19.9 Å². The summed E-state index contributed by atoms with van der Waals surface area (Å²) < 4.78 is 13.1. The standard InChI is InChI=1S/C16H20N2O3/c1-11-9-13(12(2)21-11)16(19)18-7-8-20-10-15(18)14-5-4-6-17(14)3/h4-6,9,15H,7-8,10H2,1-3H3. The first-order valence-electron chi connectivity index (χ1n) is 7.15. The lowest BCUT2D eigenvalue weighted by Crippen LogP contribution is -2.44. The molecule has 0 radical (unpaired) electrons. The van der Waals surface area contributed by atoms with Gasteiger partial charge in [0.25, 0.3) is 5.91 Å². The van der Waals surface area contributed by atoms with E-state index in [1.54, 1.807) is 0 Å². The molecular weight excluding hydrogens is 268 g/mol. The van der Waals surface area contributed by atoms with E-state index in [1.807, 2.05) is 54.8 Å². The second kappa shape index (κ2) is 5.41. The number of hydrogen-bond acceptors (Lipinski definition) is 3. The molecule has 0 saturated carbocycles. The minimum absolute atomic E-state index is 0.0128. The molecule has 1 aliphatic heterocycles. The van der Waals surface area contributed by atoms with Gasteiger partial charge in [-0.25, -0.2) is 0 Å². The quantitative estimate of drug-likeness (QED) is 0.853. The fourth-order valence-electron chi connectivity index (χ4n) is 2.91. The van der Waals surface area contributed by atoms with Gasteiger partial charge in [-0.15, -0.1) is 0 Å². The maximum absolute atomic E-state index is 12.9. The van der Waals surface area contributed by atoms with Gasteiger partial charge in [-0.2, -0.15) is 0 Å². The van der Waals surface area contributed by atoms with Crippen molar-refractivity contribution in [2.24, 2.45) is 7.05 Å². The van der Waals surface area contributed by atoms with E-state index in [2.05, 4.69) is 0 Å². The minimum atomic E-state index is -0.0548. The molecule has 0 bridgehead atoms. The summed E-state index contributed by atoms with van der Waals surface area (Å²) in [6.07, 6.45) is 1.99. The van der Waals surface area contributed by atoms with Crippen molar-refractivity contribution in [2.75, 3.05) is 19.8 Å². The number of amides is 1. The Hall–Kier alpha value is -2.01. The third-order valence-electron chi connectivity index (χ3n) is 3.99. The van der Waals surface area contributed by atoms with Crippen molar-refractivity contribution in [3.8, 4) is 0 Å². The number of rotatable bonds is 2. The van der Waals surface area contributed by atoms with Gasteiger partial charge in [0.2, 0.25) is 0 Å². The van der Waals surface area contributed by atoms with Crippen LogP contribution in [0.4, 0.5) is 0 Å². The first-order chi connectivity index (χ1) is 10.1. The van der Waals surface area contributed by atoms with Gasteiger partial charge in [0.05, 0.1) is 24.8 Å². The van der Waals surface area contributed by atoms with Gasteiger partial charge in [0.15, 0.2) is 0 Å². The maximum atomic E-state index is 12.9. The molecule has 1 unspecified atom stereocenters. The lowest BCUT2D eigenvalue weighted by Gasteiger charge is -2.35. The summed E-state index contributed by atoms with van der Waals surface area (Å²) in [5.41, 5.74) is 1.73. The molecule has 0 spiro atoms. The van der Waals surface area contributed by atoms with Crippen molar-refractivity contribution in [1.29, 1.82) is 0 Å². The zero-order valence-corrected chi connectivity index (χ0v) is 12.6. The van der Waals surface area contributed by atoms with Crippen LogP contribution in [0.15, 0.2) is 28.8 Å². The number of aryl methyl sites for hydroxylation is 3. The Morgan fingerprint density at radius 3 is 2.81 bits per heavy atom. The second-order valence-electron chi connectivity index (χ2n) is 5.46. The van der Waals surface area contributed by atoms with Gasteiger partial charge in [-0.3, -0.25) is 4.79 Å².